The molecule has 150 valence electrons. The Morgan fingerprint density at radius 3 is 2.56 bits per heavy atom. The number of aliphatic hydroxyl groups is 1. The van der Waals surface area contributed by atoms with E-state index in [1.807, 2.05) is 18.2 Å². The van der Waals surface area contributed by atoms with Crippen molar-refractivity contribution in [1.29, 1.82) is 0 Å². The highest BCUT2D eigenvalue weighted by atomic mass is 16.5. The summed E-state index contributed by atoms with van der Waals surface area (Å²) in [5, 5.41) is 11.4. The van der Waals surface area contributed by atoms with E-state index in [0.717, 1.165) is 12.3 Å². The van der Waals surface area contributed by atoms with Gasteiger partial charge in [-0.2, -0.15) is 0 Å². The lowest BCUT2D eigenvalue weighted by Crippen LogP contribution is -2.53. The van der Waals surface area contributed by atoms with Crippen LogP contribution in [0.15, 0.2) is 18.2 Å². The molecule has 1 aliphatic heterocycles. The molecule has 1 aromatic carbocycles. The second kappa shape index (κ2) is 8.61. The van der Waals surface area contributed by atoms with E-state index < -0.39 is 5.60 Å². The maximum atomic E-state index is 12.0. The average Bonchev–Trinajstić information content (AvgIpc) is 2.83. The van der Waals surface area contributed by atoms with E-state index in [-0.39, 0.29) is 12.5 Å². The molecule has 0 spiro atoms. The first-order chi connectivity index (χ1) is 12.9. The molecule has 1 aromatic rings. The topological polar surface area (TPSA) is 53.0 Å². The zero-order chi connectivity index (χ0) is 19.4. The van der Waals surface area contributed by atoms with Crippen LogP contribution in [-0.2, 0) is 4.79 Å². The Kier molecular flexibility index (Phi) is 6.43. The minimum atomic E-state index is -1.06. The van der Waals surface area contributed by atoms with Gasteiger partial charge in [0.25, 0.3) is 0 Å². The number of rotatable bonds is 4. The van der Waals surface area contributed by atoms with Crippen molar-refractivity contribution >= 4 is 5.91 Å². The van der Waals surface area contributed by atoms with Crippen LogP contribution in [0, 0.1) is 13.8 Å². The van der Waals surface area contributed by atoms with Crippen molar-refractivity contribution in [3.63, 3.8) is 0 Å². The summed E-state index contributed by atoms with van der Waals surface area (Å²) in [5.41, 5.74) is 1.34. The standard InChI is InChI=1S/C22H34N2O3/c1-17-9-10-21(13-18(17)2)27-16-22(26)14-23(19(3)25)11-12-24(15-22)20-7-5-4-6-8-20/h9-10,13,20,26H,4-8,11-12,14-16H2,1-3H3/t22-/m1/s1. The van der Waals surface area contributed by atoms with Crippen LogP contribution in [0.5, 0.6) is 5.75 Å². The van der Waals surface area contributed by atoms with E-state index in [0.29, 0.717) is 25.7 Å². The van der Waals surface area contributed by atoms with Crippen LogP contribution >= 0.6 is 0 Å². The number of carbonyl (C=O) groups excluding carboxylic acids is 1. The molecule has 5 nitrogen and oxygen atoms in total. The van der Waals surface area contributed by atoms with Gasteiger partial charge in [0.2, 0.25) is 5.91 Å². The van der Waals surface area contributed by atoms with E-state index in [1.165, 1.54) is 43.2 Å². The predicted octanol–water partition coefficient (Wildman–Crippen LogP) is 2.91. The van der Waals surface area contributed by atoms with Gasteiger partial charge in [-0.25, -0.2) is 0 Å². The van der Waals surface area contributed by atoms with Gasteiger partial charge in [-0.1, -0.05) is 25.3 Å². The summed E-state index contributed by atoms with van der Waals surface area (Å²) in [6, 6.07) is 6.51. The SMILES string of the molecule is CC(=O)N1CCN(C2CCCCC2)C[C@@](O)(COc2ccc(C)c(C)c2)C1. The van der Waals surface area contributed by atoms with Crippen LogP contribution in [0.1, 0.15) is 50.2 Å². The number of amides is 1. The average molecular weight is 375 g/mol. The molecule has 1 amide bonds. The molecule has 1 saturated heterocycles. The molecular formula is C22H34N2O3. The maximum Gasteiger partial charge on any atom is 0.219 e. The van der Waals surface area contributed by atoms with Gasteiger partial charge in [0.15, 0.2) is 0 Å². The lowest BCUT2D eigenvalue weighted by molar-refractivity contribution is -0.132. The highest BCUT2D eigenvalue weighted by molar-refractivity contribution is 5.73. The number of aryl methyl sites for hydroxylation is 2. The fourth-order valence-electron chi connectivity index (χ4n) is 4.33. The number of benzene rings is 1. The molecule has 1 atom stereocenters. The van der Waals surface area contributed by atoms with Gasteiger partial charge in [-0.15, -0.1) is 0 Å². The van der Waals surface area contributed by atoms with Gasteiger partial charge >= 0.3 is 0 Å². The van der Waals surface area contributed by atoms with Crippen LogP contribution < -0.4 is 4.74 Å². The zero-order valence-electron chi connectivity index (χ0n) is 17.0. The summed E-state index contributed by atoms with van der Waals surface area (Å²) >= 11 is 0. The molecular weight excluding hydrogens is 340 g/mol. The maximum absolute atomic E-state index is 12.0. The summed E-state index contributed by atoms with van der Waals surface area (Å²) in [6.07, 6.45) is 6.21. The highest BCUT2D eigenvalue weighted by Crippen LogP contribution is 2.27. The lowest BCUT2D eigenvalue weighted by atomic mass is 9.93. The Morgan fingerprint density at radius 2 is 1.89 bits per heavy atom. The van der Waals surface area contributed by atoms with Crippen LogP contribution in [0.2, 0.25) is 0 Å². The van der Waals surface area contributed by atoms with Gasteiger partial charge in [-0.3, -0.25) is 9.69 Å². The molecule has 1 heterocycles. The molecule has 27 heavy (non-hydrogen) atoms. The minimum absolute atomic E-state index is 0.0186. The van der Waals surface area contributed by atoms with E-state index in [1.54, 1.807) is 11.8 Å². The smallest absolute Gasteiger partial charge is 0.219 e. The van der Waals surface area contributed by atoms with Crippen LogP contribution in [-0.4, -0.2) is 65.2 Å². The van der Waals surface area contributed by atoms with Gasteiger partial charge in [0.05, 0.1) is 6.54 Å². The normalized spacial score (nSPS) is 25.3. The molecule has 2 aliphatic rings. The molecule has 0 aromatic heterocycles. The third-order valence-electron chi connectivity index (χ3n) is 6.16. The molecule has 1 aliphatic carbocycles. The number of β-amino-alcohol motifs (C(OH)–C–C–N with tert-alkyl or cyclic N) is 1. The molecule has 1 saturated carbocycles. The Balaban J connectivity index is 1.72. The van der Waals surface area contributed by atoms with E-state index >= 15 is 0 Å². The number of ether oxygens (including phenoxy) is 1. The first-order valence-electron chi connectivity index (χ1n) is 10.3. The molecule has 0 radical (unpaired) electrons. The summed E-state index contributed by atoms with van der Waals surface area (Å²) in [5.74, 6) is 0.791. The monoisotopic (exact) mass is 374 g/mol. The first kappa shape index (κ1) is 20.2. The summed E-state index contributed by atoms with van der Waals surface area (Å²) < 4.78 is 5.99. The van der Waals surface area contributed by atoms with E-state index in [2.05, 4.69) is 18.7 Å². The molecule has 2 fully saturated rings. The largest absolute Gasteiger partial charge is 0.490 e. The van der Waals surface area contributed by atoms with E-state index in [9.17, 15) is 9.90 Å². The quantitative estimate of drug-likeness (QED) is 0.880. The third kappa shape index (κ3) is 5.23. The fourth-order valence-corrected chi connectivity index (χ4v) is 4.33. The van der Waals surface area contributed by atoms with Crippen LogP contribution in [0.25, 0.3) is 0 Å². The molecule has 0 bridgehead atoms. The van der Waals surface area contributed by atoms with Crippen molar-refractivity contribution in [2.24, 2.45) is 0 Å². The van der Waals surface area contributed by atoms with Gasteiger partial charge in [-0.05, 0) is 49.9 Å². The van der Waals surface area contributed by atoms with Crippen molar-refractivity contribution in [3.8, 4) is 5.75 Å². The molecule has 5 heteroatoms. The van der Waals surface area contributed by atoms with Gasteiger partial charge in [0.1, 0.15) is 18.0 Å². The first-order valence-corrected chi connectivity index (χ1v) is 10.3. The zero-order valence-corrected chi connectivity index (χ0v) is 17.0. The Morgan fingerprint density at radius 1 is 1.15 bits per heavy atom. The van der Waals surface area contributed by atoms with E-state index in [4.69, 9.17) is 4.74 Å². The summed E-state index contributed by atoms with van der Waals surface area (Å²) in [4.78, 5) is 16.2. The Bertz CT molecular complexity index is 657. The summed E-state index contributed by atoms with van der Waals surface area (Å²) in [7, 11) is 0. The third-order valence-corrected chi connectivity index (χ3v) is 6.16. The molecule has 0 unspecified atom stereocenters. The van der Waals surface area contributed by atoms with Crippen LogP contribution in [0.3, 0.4) is 0 Å². The number of carbonyl (C=O) groups is 1. The molecule has 3 rings (SSSR count). The minimum Gasteiger partial charge on any atom is -0.490 e. The van der Waals surface area contributed by atoms with Crippen molar-refractivity contribution < 1.29 is 14.6 Å². The number of hydrogen-bond donors (Lipinski definition) is 1. The predicted molar refractivity (Wildman–Crippen MR) is 107 cm³/mol. The molecule has 1 N–H and O–H groups in total. The van der Waals surface area contributed by atoms with Gasteiger partial charge < -0.3 is 14.7 Å². The van der Waals surface area contributed by atoms with Crippen LogP contribution in [0.4, 0.5) is 0 Å². The second-order valence-corrected chi connectivity index (χ2v) is 8.46. The fraction of sp³-hybridized carbons (Fsp3) is 0.682. The van der Waals surface area contributed by atoms with Crippen molar-refractivity contribution in [1.82, 2.24) is 9.80 Å². The van der Waals surface area contributed by atoms with Gasteiger partial charge in [0, 0.05) is 32.6 Å². The summed E-state index contributed by atoms with van der Waals surface area (Å²) in [6.45, 7) is 8.32. The Labute approximate surface area is 163 Å². The number of hydrogen-bond acceptors (Lipinski definition) is 4. The lowest BCUT2D eigenvalue weighted by Gasteiger charge is -2.37. The number of nitrogens with zero attached hydrogens (tertiary/aromatic N) is 2. The highest BCUT2D eigenvalue weighted by Gasteiger charge is 2.39. The van der Waals surface area contributed by atoms with Crippen molar-refractivity contribution in [3.05, 3.63) is 29.3 Å². The Hall–Kier alpha value is -1.59. The van der Waals surface area contributed by atoms with Crippen molar-refractivity contribution in [2.45, 2.75) is 64.5 Å². The van der Waals surface area contributed by atoms with Crippen molar-refractivity contribution in [2.75, 3.05) is 32.8 Å². The second-order valence-electron chi connectivity index (χ2n) is 8.46.